The molecule has 0 unspecified atom stereocenters. The number of halogens is 1. The van der Waals surface area contributed by atoms with Crippen molar-refractivity contribution in [3.63, 3.8) is 0 Å². The van der Waals surface area contributed by atoms with Gasteiger partial charge in [0.2, 0.25) is 17.2 Å². The molecule has 0 aliphatic carbocycles. The van der Waals surface area contributed by atoms with Gasteiger partial charge in [-0.15, -0.1) is 0 Å². The Balaban J connectivity index is 3.04. The molecule has 0 saturated carbocycles. The molecule has 0 spiro atoms. The molecule has 0 amide bonds. The molecule has 0 aromatic carbocycles. The number of aromatic nitrogens is 3. The Hall–Kier alpha value is -1.10. The van der Waals surface area contributed by atoms with Gasteiger partial charge in [-0.3, -0.25) is 0 Å². The molecule has 1 rings (SSSR count). The van der Waals surface area contributed by atoms with Crippen LogP contribution in [0, 0.1) is 0 Å². The average Bonchev–Trinajstić information content (AvgIpc) is 2.08. The second kappa shape index (κ2) is 3.53. The van der Waals surface area contributed by atoms with Gasteiger partial charge in [0.15, 0.2) is 0 Å². The Morgan fingerprint density at radius 3 is 2.83 bits per heavy atom. The van der Waals surface area contributed by atoms with E-state index in [4.69, 9.17) is 25.6 Å². The maximum absolute atomic E-state index is 7.18. The second-order valence-electron chi connectivity index (χ2n) is 1.86. The lowest BCUT2D eigenvalue weighted by atomic mass is 10.4. The van der Waals surface area contributed by atoms with Gasteiger partial charge in [-0.2, -0.15) is 15.0 Å². The van der Waals surface area contributed by atoms with E-state index in [1.54, 1.807) is 0 Å². The number of hydrogen-bond acceptors (Lipinski definition) is 5. The monoisotopic (exact) mass is 193 g/mol. The van der Waals surface area contributed by atoms with E-state index in [9.17, 15) is 0 Å². The topological polar surface area (TPSA) is 76.7 Å². The van der Waals surface area contributed by atoms with Crippen LogP contribution in [0.2, 0.25) is 5.28 Å². The highest BCUT2D eigenvalue weighted by Gasteiger charge is 2.02. The van der Waals surface area contributed by atoms with Gasteiger partial charge >= 0.3 is 0 Å². The van der Waals surface area contributed by atoms with E-state index >= 15 is 0 Å². The molecule has 5 nitrogen and oxygen atoms in total. The summed E-state index contributed by atoms with van der Waals surface area (Å²) in [4.78, 5) is 10.6. The van der Waals surface area contributed by atoms with Crippen molar-refractivity contribution in [2.45, 2.75) is 19.7 Å². The summed E-state index contributed by atoms with van der Waals surface area (Å²) < 4.78 is 43.1. The van der Waals surface area contributed by atoms with Gasteiger partial charge in [0, 0.05) is 14.3 Å². The molecule has 0 fully saturated rings. The summed E-state index contributed by atoms with van der Waals surface area (Å²) in [7, 11) is 0. The van der Waals surface area contributed by atoms with Crippen LogP contribution in [-0.4, -0.2) is 21.0 Å². The van der Waals surface area contributed by atoms with Gasteiger partial charge in [0.05, 0.1) is 0 Å². The number of nitrogens with one attached hydrogen (secondary N) is 1. The van der Waals surface area contributed by atoms with Crippen molar-refractivity contribution in [3.05, 3.63) is 5.28 Å². The van der Waals surface area contributed by atoms with Gasteiger partial charge in [-0.05, 0) is 25.3 Å². The summed E-state index contributed by atoms with van der Waals surface area (Å²) in [6.45, 7) is -5.53. The van der Waals surface area contributed by atoms with Crippen molar-refractivity contribution >= 4 is 23.5 Å². The first-order chi connectivity index (χ1) is 8.00. The zero-order valence-corrected chi connectivity index (χ0v) is 6.63. The van der Waals surface area contributed by atoms with E-state index in [0.717, 1.165) is 0 Å². The van der Waals surface area contributed by atoms with E-state index in [-0.39, 0.29) is 17.2 Å². The van der Waals surface area contributed by atoms with Crippen LogP contribution in [-0.2, 0) is 0 Å². The van der Waals surface area contributed by atoms with Gasteiger partial charge in [-0.25, -0.2) is 0 Å². The number of nitrogen functional groups attached to an aromatic ring is 1. The average molecular weight is 194 g/mol. The minimum atomic E-state index is -2.76. The molecule has 12 heavy (non-hydrogen) atoms. The van der Waals surface area contributed by atoms with Crippen LogP contribution in [0.1, 0.15) is 21.9 Å². The predicted molar refractivity (Wildman–Crippen MR) is 48.0 cm³/mol. The Labute approximate surface area is 83.8 Å². The van der Waals surface area contributed by atoms with Crippen molar-refractivity contribution in [1.82, 2.24) is 15.0 Å². The van der Waals surface area contributed by atoms with E-state index in [2.05, 4.69) is 20.3 Å². The molecule has 0 aliphatic rings. The van der Waals surface area contributed by atoms with Crippen molar-refractivity contribution in [2.75, 3.05) is 11.1 Å². The molecular weight excluding hydrogens is 178 g/mol. The molecule has 66 valence electrons. The maximum Gasteiger partial charge on any atom is 0.228 e. The first-order valence-electron chi connectivity index (χ1n) is 5.94. The zero-order chi connectivity index (χ0) is 14.1. The SMILES string of the molecule is [2H]C([2H])([2H])C(Nc1nc(N)nc(Cl)n1)C([2H])([2H])[2H]. The van der Waals surface area contributed by atoms with E-state index < -0.39 is 19.7 Å². The fourth-order valence-corrected chi connectivity index (χ4v) is 0.726. The molecule has 0 radical (unpaired) electrons. The molecule has 6 heteroatoms. The largest absolute Gasteiger partial charge is 0.368 e. The third-order valence-corrected chi connectivity index (χ3v) is 1.07. The predicted octanol–water partition coefficient (Wildman–Crippen LogP) is 0.927. The van der Waals surface area contributed by atoms with E-state index in [1.165, 1.54) is 0 Å². The highest BCUT2D eigenvalue weighted by Crippen LogP contribution is 2.07. The number of rotatable bonds is 2. The third kappa shape index (κ3) is 2.50. The number of hydrogen-bond donors (Lipinski definition) is 2. The smallest absolute Gasteiger partial charge is 0.228 e. The summed E-state index contributed by atoms with van der Waals surface area (Å²) in [5.74, 6) is -0.544. The Bertz CT molecular complexity index is 397. The lowest BCUT2D eigenvalue weighted by Crippen LogP contribution is -2.13. The summed E-state index contributed by atoms with van der Waals surface area (Å²) in [5.41, 5.74) is 5.29. The third-order valence-electron chi connectivity index (χ3n) is 0.899. The van der Waals surface area contributed by atoms with Gasteiger partial charge in [0.1, 0.15) is 0 Å². The molecule has 0 atom stereocenters. The van der Waals surface area contributed by atoms with E-state index in [0.29, 0.717) is 0 Å². The lowest BCUT2D eigenvalue weighted by Gasteiger charge is -2.07. The minimum absolute atomic E-state index is 0.243. The molecule has 0 saturated heterocycles. The zero-order valence-electron chi connectivity index (χ0n) is 11.9. The van der Waals surface area contributed by atoms with Crippen LogP contribution in [0.15, 0.2) is 0 Å². The van der Waals surface area contributed by atoms with Crippen LogP contribution in [0.3, 0.4) is 0 Å². The molecule has 1 heterocycles. The first-order valence-corrected chi connectivity index (χ1v) is 3.31. The molecule has 1 aromatic heterocycles. The van der Waals surface area contributed by atoms with Crippen molar-refractivity contribution in [3.8, 4) is 0 Å². The first kappa shape index (κ1) is 3.74. The lowest BCUT2D eigenvalue weighted by molar-refractivity contribution is 0.869. The summed E-state index contributed by atoms with van der Waals surface area (Å²) in [6.07, 6.45) is 0. The van der Waals surface area contributed by atoms with Crippen LogP contribution < -0.4 is 11.1 Å². The maximum atomic E-state index is 7.18. The highest BCUT2D eigenvalue weighted by molar-refractivity contribution is 6.28. The number of nitrogens with zero attached hydrogens (tertiary/aromatic N) is 3. The van der Waals surface area contributed by atoms with Crippen molar-refractivity contribution < 1.29 is 8.22 Å². The van der Waals surface area contributed by atoms with Crippen molar-refractivity contribution in [1.29, 1.82) is 0 Å². The Kier molecular flexibility index (Phi) is 1.10. The standard InChI is InChI=1S/C6H10ClN5/c1-3(2)9-6-11-4(7)10-5(8)12-6/h3H,1-2H3,(H3,8,9,10,11,12)/i1D3,2D3. The molecular formula is C6H10ClN5. The number of nitrogens with two attached hydrogens (primary N) is 1. The fraction of sp³-hybridized carbons (Fsp3) is 0.500. The minimum Gasteiger partial charge on any atom is -0.368 e. The summed E-state index contributed by atoms with van der Waals surface area (Å²) >= 11 is 5.50. The molecule has 0 aliphatic heterocycles. The Morgan fingerprint density at radius 2 is 2.25 bits per heavy atom. The quantitative estimate of drug-likeness (QED) is 0.731. The van der Waals surface area contributed by atoms with Crippen LogP contribution >= 0.6 is 11.6 Å². The van der Waals surface area contributed by atoms with Crippen molar-refractivity contribution in [2.24, 2.45) is 0 Å². The van der Waals surface area contributed by atoms with Crippen LogP contribution in [0.25, 0.3) is 0 Å². The van der Waals surface area contributed by atoms with E-state index in [1.807, 2.05) is 0 Å². The molecule has 1 aromatic rings. The Morgan fingerprint density at radius 1 is 1.50 bits per heavy atom. The van der Waals surface area contributed by atoms with Gasteiger partial charge < -0.3 is 11.1 Å². The number of anilines is 2. The highest BCUT2D eigenvalue weighted by atomic mass is 35.5. The summed E-state index contributed by atoms with van der Waals surface area (Å²) in [6, 6.07) is -1.83. The second-order valence-corrected chi connectivity index (χ2v) is 2.20. The van der Waals surface area contributed by atoms with Gasteiger partial charge in [-0.1, -0.05) is 0 Å². The molecule has 3 N–H and O–H groups in total. The van der Waals surface area contributed by atoms with Gasteiger partial charge in [0.25, 0.3) is 0 Å². The summed E-state index contributed by atoms with van der Waals surface area (Å²) in [5, 5.41) is 1.92. The van der Waals surface area contributed by atoms with Crippen LogP contribution in [0.4, 0.5) is 11.9 Å². The van der Waals surface area contributed by atoms with Crippen LogP contribution in [0.5, 0.6) is 0 Å². The molecule has 0 bridgehead atoms. The fourth-order valence-electron chi connectivity index (χ4n) is 0.559. The normalized spacial score (nSPS) is 19.8.